The molecule has 5 rings (SSSR count). The fourth-order valence-corrected chi connectivity index (χ4v) is 7.10. The summed E-state index contributed by atoms with van der Waals surface area (Å²) in [4.78, 5) is 16.7. The zero-order chi connectivity index (χ0) is 29.1. The van der Waals surface area contributed by atoms with E-state index in [2.05, 4.69) is 5.32 Å². The third kappa shape index (κ3) is 6.71. The molecular weight excluding hydrogens is 569 g/mol. The third-order valence-electron chi connectivity index (χ3n) is 7.85. The van der Waals surface area contributed by atoms with Gasteiger partial charge in [-0.3, -0.25) is 4.79 Å². The lowest BCUT2D eigenvalue weighted by molar-refractivity contribution is -0.127. The Kier molecular flexibility index (Phi) is 8.92. The number of halogens is 4. The quantitative estimate of drug-likeness (QED) is 0.220. The number of nitrogens with zero attached hydrogens (tertiary/aromatic N) is 1. The van der Waals surface area contributed by atoms with Crippen LogP contribution in [0.2, 0.25) is 5.02 Å². The molecule has 3 aromatic carbocycles. The van der Waals surface area contributed by atoms with E-state index in [1.807, 2.05) is 54.4 Å². The zero-order valence-corrected chi connectivity index (χ0v) is 24.5. The summed E-state index contributed by atoms with van der Waals surface area (Å²) in [5.41, 5.74) is 2.67. The summed E-state index contributed by atoms with van der Waals surface area (Å²) in [6.07, 6.45) is -1.56. The van der Waals surface area contributed by atoms with Crippen molar-refractivity contribution in [3.63, 3.8) is 0 Å². The molecule has 0 bridgehead atoms. The highest BCUT2D eigenvalue weighted by Crippen LogP contribution is 2.38. The molecule has 0 radical (unpaired) electrons. The minimum Gasteiger partial charge on any atom is -0.496 e. The van der Waals surface area contributed by atoms with Crippen LogP contribution in [0.1, 0.15) is 46.5 Å². The summed E-state index contributed by atoms with van der Waals surface area (Å²) in [6.45, 7) is 0.321. The Balaban J connectivity index is 1.48. The van der Waals surface area contributed by atoms with Crippen LogP contribution in [0.15, 0.2) is 66.7 Å². The fourth-order valence-electron chi connectivity index (χ4n) is 5.64. The lowest BCUT2D eigenvalue weighted by atomic mass is 9.89. The number of ether oxygens (including phenoxy) is 1. The number of rotatable bonds is 8. The van der Waals surface area contributed by atoms with Crippen molar-refractivity contribution < 1.29 is 22.7 Å². The average molecular weight is 601 g/mol. The first kappa shape index (κ1) is 29.4. The molecule has 41 heavy (non-hydrogen) atoms. The number of carbonyl (C=O) groups excluding carboxylic acids is 1. The van der Waals surface area contributed by atoms with Gasteiger partial charge in [-0.15, -0.1) is 11.3 Å². The van der Waals surface area contributed by atoms with Gasteiger partial charge in [0.15, 0.2) is 0 Å². The average Bonchev–Trinajstić information content (AvgIpc) is 3.31. The normalized spacial score (nSPS) is 17.5. The second-order valence-corrected chi connectivity index (χ2v) is 11.9. The Morgan fingerprint density at radius 1 is 1.02 bits per heavy atom. The van der Waals surface area contributed by atoms with E-state index in [0.717, 1.165) is 52.5 Å². The Morgan fingerprint density at radius 3 is 2.34 bits per heavy atom. The molecule has 1 fully saturated rings. The number of fused-ring (bicyclic) bond motifs is 1. The first-order chi connectivity index (χ1) is 19.7. The molecule has 0 atom stereocenters. The Hall–Kier alpha value is -3.07. The molecule has 1 aromatic heterocycles. The molecule has 1 heterocycles. The third-order valence-corrected chi connectivity index (χ3v) is 9.51. The SMILES string of the molecule is CN[C@H]1CC[C@H](N(Cc2cc(-c3ccc(CC(F)(F)F)cc3)ccc2OC)C(=O)c2sc3ccccc3c2Cl)CC1. The van der Waals surface area contributed by atoms with Crippen molar-refractivity contribution in [3.8, 4) is 16.9 Å². The first-order valence-corrected chi connectivity index (χ1v) is 14.8. The molecule has 0 unspecified atom stereocenters. The predicted octanol–water partition coefficient (Wildman–Crippen LogP) is 8.51. The Labute approximate surface area is 247 Å². The zero-order valence-electron chi connectivity index (χ0n) is 22.9. The van der Waals surface area contributed by atoms with Gasteiger partial charge in [-0.05, 0) is 67.6 Å². The second-order valence-electron chi connectivity index (χ2n) is 10.5. The minimum atomic E-state index is -4.26. The maximum Gasteiger partial charge on any atom is 0.393 e. The molecule has 1 amide bonds. The van der Waals surface area contributed by atoms with E-state index in [1.165, 1.54) is 23.5 Å². The summed E-state index contributed by atoms with van der Waals surface area (Å²) in [6, 6.07) is 20.3. The molecule has 9 heteroatoms. The van der Waals surface area contributed by atoms with Crippen LogP contribution in [0.4, 0.5) is 13.2 Å². The number of alkyl halides is 3. The van der Waals surface area contributed by atoms with Crippen LogP contribution >= 0.6 is 22.9 Å². The van der Waals surface area contributed by atoms with Crippen molar-refractivity contribution in [2.45, 2.75) is 56.9 Å². The molecule has 0 saturated heterocycles. The monoisotopic (exact) mass is 600 g/mol. The number of nitrogens with one attached hydrogen (secondary N) is 1. The highest BCUT2D eigenvalue weighted by atomic mass is 35.5. The molecule has 0 aliphatic heterocycles. The second kappa shape index (κ2) is 12.4. The molecule has 1 N–H and O–H groups in total. The maximum atomic E-state index is 14.2. The lowest BCUT2D eigenvalue weighted by Crippen LogP contribution is -2.44. The van der Waals surface area contributed by atoms with Crippen LogP contribution in [0.25, 0.3) is 21.2 Å². The smallest absolute Gasteiger partial charge is 0.393 e. The van der Waals surface area contributed by atoms with Gasteiger partial charge in [0, 0.05) is 34.3 Å². The van der Waals surface area contributed by atoms with Gasteiger partial charge < -0.3 is 15.0 Å². The highest BCUT2D eigenvalue weighted by Gasteiger charge is 2.32. The van der Waals surface area contributed by atoms with E-state index in [-0.39, 0.29) is 17.5 Å². The number of carbonyl (C=O) groups is 1. The van der Waals surface area contributed by atoms with E-state index in [0.29, 0.717) is 28.2 Å². The van der Waals surface area contributed by atoms with Gasteiger partial charge in [0.2, 0.25) is 0 Å². The van der Waals surface area contributed by atoms with E-state index >= 15 is 0 Å². The summed E-state index contributed by atoms with van der Waals surface area (Å²) in [5.74, 6) is 0.541. The Bertz CT molecular complexity index is 1510. The van der Waals surface area contributed by atoms with Crippen molar-refractivity contribution in [2.75, 3.05) is 14.2 Å². The molecule has 4 nitrogen and oxygen atoms in total. The van der Waals surface area contributed by atoms with Gasteiger partial charge in [0.25, 0.3) is 5.91 Å². The predicted molar refractivity (Wildman–Crippen MR) is 160 cm³/mol. The van der Waals surface area contributed by atoms with E-state index in [1.54, 1.807) is 19.2 Å². The summed E-state index contributed by atoms with van der Waals surface area (Å²) < 4.78 is 45.2. The van der Waals surface area contributed by atoms with E-state index < -0.39 is 12.6 Å². The largest absolute Gasteiger partial charge is 0.496 e. The number of hydrogen-bond acceptors (Lipinski definition) is 4. The van der Waals surface area contributed by atoms with Crippen molar-refractivity contribution >= 4 is 38.9 Å². The highest BCUT2D eigenvalue weighted by molar-refractivity contribution is 7.21. The van der Waals surface area contributed by atoms with E-state index in [4.69, 9.17) is 16.3 Å². The van der Waals surface area contributed by atoms with Crippen LogP contribution in [-0.2, 0) is 13.0 Å². The van der Waals surface area contributed by atoms with Crippen molar-refractivity contribution in [2.24, 2.45) is 0 Å². The van der Waals surface area contributed by atoms with Crippen molar-refractivity contribution in [1.29, 1.82) is 0 Å². The van der Waals surface area contributed by atoms with Crippen LogP contribution in [-0.4, -0.2) is 43.2 Å². The fraction of sp³-hybridized carbons (Fsp3) is 0.344. The molecule has 216 valence electrons. The van der Waals surface area contributed by atoms with Gasteiger partial charge in [0.05, 0.1) is 18.6 Å². The van der Waals surface area contributed by atoms with Crippen LogP contribution in [0.3, 0.4) is 0 Å². The van der Waals surface area contributed by atoms with Crippen molar-refractivity contribution in [1.82, 2.24) is 10.2 Å². The van der Waals surface area contributed by atoms with E-state index in [9.17, 15) is 18.0 Å². The van der Waals surface area contributed by atoms with Crippen molar-refractivity contribution in [3.05, 3.63) is 87.8 Å². The summed E-state index contributed by atoms with van der Waals surface area (Å²) >= 11 is 8.17. The molecule has 4 aromatic rings. The first-order valence-electron chi connectivity index (χ1n) is 13.6. The number of hydrogen-bond donors (Lipinski definition) is 1. The van der Waals surface area contributed by atoms with Crippen LogP contribution in [0.5, 0.6) is 5.75 Å². The molecular formula is C32H32ClF3N2O2S. The van der Waals surface area contributed by atoms with Gasteiger partial charge >= 0.3 is 6.18 Å². The van der Waals surface area contributed by atoms with Gasteiger partial charge in [0.1, 0.15) is 10.6 Å². The molecule has 1 aliphatic carbocycles. The van der Waals surface area contributed by atoms with Crippen LogP contribution < -0.4 is 10.1 Å². The molecule has 0 spiro atoms. The standard InChI is InChI=1S/C32H32ClF3N2O2S/c1-37-24-12-14-25(15-13-24)38(31(39)30-29(33)26-5-3-4-6-28(26)41-30)19-23-17-22(11-16-27(23)40-2)21-9-7-20(8-10-21)18-32(34,35)36/h3-11,16-17,24-25,37H,12-15,18-19H2,1-2H3/t24-,25-. The molecule has 1 aliphatic rings. The number of benzene rings is 3. The number of methoxy groups -OCH3 is 1. The van der Waals surface area contributed by atoms with Gasteiger partial charge in [-0.2, -0.15) is 13.2 Å². The topological polar surface area (TPSA) is 41.6 Å². The number of thiophene rings is 1. The molecule has 1 saturated carbocycles. The maximum absolute atomic E-state index is 14.2. The summed E-state index contributed by atoms with van der Waals surface area (Å²) in [7, 11) is 3.56. The Morgan fingerprint density at radius 2 is 1.71 bits per heavy atom. The minimum absolute atomic E-state index is 0.0309. The number of amides is 1. The summed E-state index contributed by atoms with van der Waals surface area (Å²) in [5, 5.41) is 4.70. The lowest BCUT2D eigenvalue weighted by Gasteiger charge is -2.37. The van der Waals surface area contributed by atoms with Crippen LogP contribution in [0, 0.1) is 0 Å². The van der Waals surface area contributed by atoms with Gasteiger partial charge in [-0.1, -0.05) is 60.1 Å². The van der Waals surface area contributed by atoms with Gasteiger partial charge in [-0.25, -0.2) is 0 Å².